The number of carbonyl (C=O) groups excluding carboxylic acids is 4. The molecule has 2 aromatic rings. The molecule has 1 aromatic heterocycles. The first kappa shape index (κ1) is 37.6. The monoisotopic (exact) mass is 713 g/mol. The molecule has 4 atom stereocenters. The largest absolute Gasteiger partial charge is 0.444 e. The average Bonchev–Trinajstić information content (AvgIpc) is 3.74. The van der Waals surface area contributed by atoms with E-state index in [-0.39, 0.29) is 37.5 Å². The molecule has 3 fully saturated rings. The third kappa shape index (κ3) is 10.2. The van der Waals surface area contributed by atoms with Crippen molar-refractivity contribution >= 4 is 44.7 Å². The van der Waals surface area contributed by atoms with Crippen LogP contribution in [-0.2, 0) is 24.3 Å². The number of nitrogens with two attached hydrogens (primary N) is 1. The summed E-state index contributed by atoms with van der Waals surface area (Å²) < 4.78 is 39.0. The van der Waals surface area contributed by atoms with Gasteiger partial charge in [-0.15, -0.1) is 0 Å². The SMILES string of the molecule is CS(=O)(=O)N[C@H](CC=C1CCCCC1)C(=O)N1C[C@H](OC(=O)N2CCCCC2)C[C@H]1C(=O)C[C@@H](CCCCN)C(=O)c1nc2ccccc2o1. The third-order valence-electron chi connectivity index (χ3n) is 9.92. The summed E-state index contributed by atoms with van der Waals surface area (Å²) in [5.74, 6) is -2.22. The highest BCUT2D eigenvalue weighted by atomic mass is 32.2. The number of hydrogen-bond donors (Lipinski definition) is 2. The Kier molecular flexibility index (Phi) is 13.2. The maximum atomic E-state index is 14.3. The van der Waals surface area contributed by atoms with Crippen molar-refractivity contribution in [3.8, 4) is 0 Å². The van der Waals surface area contributed by atoms with Crippen LogP contribution in [-0.4, -0.2) is 97.4 Å². The molecule has 1 aromatic carbocycles. The van der Waals surface area contributed by atoms with Crippen molar-refractivity contribution in [1.82, 2.24) is 19.5 Å². The lowest BCUT2D eigenvalue weighted by Gasteiger charge is -2.29. The average molecular weight is 714 g/mol. The van der Waals surface area contributed by atoms with E-state index in [1.807, 2.05) is 6.08 Å². The Morgan fingerprint density at radius 3 is 2.48 bits per heavy atom. The zero-order valence-electron chi connectivity index (χ0n) is 29.0. The fraction of sp³-hybridized carbons (Fsp3) is 0.639. The molecule has 0 radical (unpaired) electrons. The van der Waals surface area contributed by atoms with E-state index in [1.165, 1.54) is 10.5 Å². The maximum Gasteiger partial charge on any atom is 0.410 e. The van der Waals surface area contributed by atoms with Gasteiger partial charge in [0.15, 0.2) is 11.4 Å². The van der Waals surface area contributed by atoms with Crippen LogP contribution in [0, 0.1) is 5.92 Å². The predicted molar refractivity (Wildman–Crippen MR) is 188 cm³/mol. The lowest BCUT2D eigenvalue weighted by atomic mass is 9.89. The molecule has 3 aliphatic rings. The number of aromatic nitrogens is 1. The van der Waals surface area contributed by atoms with Crippen LogP contribution in [0.2, 0.25) is 0 Å². The number of benzene rings is 1. The Balaban J connectivity index is 1.39. The highest BCUT2D eigenvalue weighted by molar-refractivity contribution is 7.88. The molecule has 1 saturated carbocycles. The van der Waals surface area contributed by atoms with Crippen LogP contribution in [0.1, 0.15) is 101 Å². The molecule has 3 heterocycles. The summed E-state index contributed by atoms with van der Waals surface area (Å²) in [6.45, 7) is 1.52. The number of hydrogen-bond acceptors (Lipinski definition) is 10. The minimum absolute atomic E-state index is 0.0451. The standard InChI is InChI=1S/C36H51N5O8S/c1-50(46,47)39-29(18-17-25-12-4-2-5-13-25)35(44)41-24-27(48-36(45)40-20-10-3-11-21-40)23-30(41)31(42)22-26(14-8-9-19-37)33(43)34-38-28-15-6-7-16-32(28)49-34/h6-7,15-17,26-27,29-30,39H,2-5,8-14,18-24,37H2,1H3/t26-,27-,29-,30+/m1/s1. The Morgan fingerprint density at radius 2 is 1.78 bits per heavy atom. The zero-order chi connectivity index (χ0) is 35.7. The number of piperidine rings is 1. The molecule has 5 rings (SSSR count). The summed E-state index contributed by atoms with van der Waals surface area (Å²) in [4.78, 5) is 62.7. The maximum absolute atomic E-state index is 14.3. The fourth-order valence-electron chi connectivity index (χ4n) is 7.27. The van der Waals surface area contributed by atoms with Gasteiger partial charge in [0, 0.05) is 31.8 Å². The summed E-state index contributed by atoms with van der Waals surface area (Å²) in [6, 6.07) is 4.85. The second-order valence-electron chi connectivity index (χ2n) is 13.9. The highest BCUT2D eigenvalue weighted by Gasteiger charge is 2.44. The topological polar surface area (TPSA) is 182 Å². The van der Waals surface area contributed by atoms with Gasteiger partial charge in [-0.25, -0.2) is 22.9 Å². The number of para-hydroxylation sites is 2. The molecule has 2 saturated heterocycles. The summed E-state index contributed by atoms with van der Waals surface area (Å²) in [5, 5.41) is 0. The summed E-state index contributed by atoms with van der Waals surface area (Å²) >= 11 is 0. The smallest absolute Gasteiger partial charge is 0.410 e. The van der Waals surface area contributed by atoms with E-state index < -0.39 is 51.9 Å². The third-order valence-corrected chi connectivity index (χ3v) is 10.6. The van der Waals surface area contributed by atoms with Gasteiger partial charge in [0.05, 0.1) is 18.8 Å². The van der Waals surface area contributed by atoms with Crippen molar-refractivity contribution in [2.45, 2.75) is 108 Å². The lowest BCUT2D eigenvalue weighted by Crippen LogP contribution is -2.51. The van der Waals surface area contributed by atoms with Crippen LogP contribution in [0.4, 0.5) is 4.79 Å². The summed E-state index contributed by atoms with van der Waals surface area (Å²) in [6.07, 6.45) is 11.1. The molecule has 13 nitrogen and oxygen atoms in total. The van der Waals surface area contributed by atoms with Gasteiger partial charge in [0.1, 0.15) is 17.7 Å². The first-order chi connectivity index (χ1) is 24.0. The van der Waals surface area contributed by atoms with E-state index >= 15 is 0 Å². The predicted octanol–water partition coefficient (Wildman–Crippen LogP) is 4.51. The van der Waals surface area contributed by atoms with Crippen molar-refractivity contribution in [2.75, 3.05) is 32.4 Å². The normalized spacial score (nSPS) is 21.2. The van der Waals surface area contributed by atoms with Crippen LogP contribution in [0.3, 0.4) is 0 Å². The van der Waals surface area contributed by atoms with Gasteiger partial charge in [-0.05, 0) is 82.9 Å². The minimum atomic E-state index is -3.80. The van der Waals surface area contributed by atoms with Crippen LogP contribution in [0.15, 0.2) is 40.3 Å². The van der Waals surface area contributed by atoms with E-state index in [9.17, 15) is 27.6 Å². The quantitative estimate of drug-likeness (QED) is 0.151. The van der Waals surface area contributed by atoms with Gasteiger partial charge in [-0.3, -0.25) is 14.4 Å². The van der Waals surface area contributed by atoms with E-state index in [4.69, 9.17) is 14.9 Å². The first-order valence-electron chi connectivity index (χ1n) is 18.1. The van der Waals surface area contributed by atoms with Gasteiger partial charge in [0.25, 0.3) is 5.89 Å². The number of fused-ring (bicyclic) bond motifs is 1. The van der Waals surface area contributed by atoms with Gasteiger partial charge < -0.3 is 24.7 Å². The number of nitrogens with zero attached hydrogens (tertiary/aromatic N) is 3. The number of oxazole rings is 1. The number of allylic oxidation sites excluding steroid dienone is 1. The number of carbonyl (C=O) groups is 4. The lowest BCUT2D eigenvalue weighted by molar-refractivity contribution is -0.139. The van der Waals surface area contributed by atoms with Crippen molar-refractivity contribution in [3.63, 3.8) is 0 Å². The van der Waals surface area contributed by atoms with Crippen molar-refractivity contribution in [2.24, 2.45) is 11.7 Å². The minimum Gasteiger partial charge on any atom is -0.444 e. The van der Waals surface area contributed by atoms with Gasteiger partial charge in [-0.1, -0.05) is 36.6 Å². The van der Waals surface area contributed by atoms with Crippen LogP contribution in [0.5, 0.6) is 0 Å². The Bertz CT molecular complexity index is 1610. The molecule has 2 amide bonds. The molecule has 3 N–H and O–H groups in total. The van der Waals surface area contributed by atoms with E-state index in [0.717, 1.165) is 57.6 Å². The second kappa shape index (κ2) is 17.5. The molecule has 1 aliphatic carbocycles. The number of ether oxygens (including phenoxy) is 1. The number of rotatable bonds is 15. The number of amides is 2. The van der Waals surface area contributed by atoms with Gasteiger partial charge in [-0.2, -0.15) is 0 Å². The highest BCUT2D eigenvalue weighted by Crippen LogP contribution is 2.30. The van der Waals surface area contributed by atoms with E-state index in [2.05, 4.69) is 9.71 Å². The number of sulfonamides is 1. The molecule has 2 aliphatic heterocycles. The summed E-state index contributed by atoms with van der Waals surface area (Å²) in [7, 11) is -3.80. The molecule has 274 valence electrons. The molecule has 50 heavy (non-hydrogen) atoms. The Morgan fingerprint density at radius 1 is 1.06 bits per heavy atom. The first-order valence-corrected chi connectivity index (χ1v) is 20.0. The molecule has 0 spiro atoms. The van der Waals surface area contributed by atoms with Crippen molar-refractivity contribution in [1.29, 1.82) is 0 Å². The van der Waals surface area contributed by atoms with Gasteiger partial charge in [0.2, 0.25) is 21.7 Å². The Labute approximate surface area is 294 Å². The summed E-state index contributed by atoms with van der Waals surface area (Å²) in [5.41, 5.74) is 7.91. The number of Topliss-reactive ketones (excluding diaryl/α,β-unsaturated/α-hetero) is 2. The molecular weight excluding hydrogens is 662 g/mol. The molecule has 14 heteroatoms. The Hall–Kier alpha value is -3.62. The zero-order valence-corrected chi connectivity index (χ0v) is 29.8. The van der Waals surface area contributed by atoms with Gasteiger partial charge >= 0.3 is 6.09 Å². The number of unbranched alkanes of at least 4 members (excludes halogenated alkanes) is 1. The van der Waals surface area contributed by atoms with E-state index in [0.29, 0.717) is 50.0 Å². The van der Waals surface area contributed by atoms with Crippen LogP contribution < -0.4 is 10.5 Å². The number of likely N-dealkylation sites (tertiary alicyclic amines) is 2. The fourth-order valence-corrected chi connectivity index (χ4v) is 7.98. The molecule has 0 bridgehead atoms. The van der Waals surface area contributed by atoms with Crippen LogP contribution in [0.25, 0.3) is 11.1 Å². The molecular formula is C36H51N5O8S. The number of ketones is 2. The number of nitrogens with one attached hydrogen (secondary N) is 1. The van der Waals surface area contributed by atoms with E-state index in [1.54, 1.807) is 29.2 Å². The van der Waals surface area contributed by atoms with Crippen LogP contribution >= 0.6 is 0 Å². The van der Waals surface area contributed by atoms with Crippen molar-refractivity contribution < 1.29 is 36.7 Å². The molecule has 0 unspecified atom stereocenters. The second-order valence-corrected chi connectivity index (χ2v) is 15.7. The van der Waals surface area contributed by atoms with Crippen molar-refractivity contribution in [3.05, 3.63) is 41.8 Å².